The van der Waals surface area contributed by atoms with Gasteiger partial charge in [-0.05, 0) is 113 Å². The van der Waals surface area contributed by atoms with Crippen LogP contribution in [0.3, 0.4) is 0 Å². The van der Waals surface area contributed by atoms with Crippen molar-refractivity contribution >= 4 is 0 Å². The van der Waals surface area contributed by atoms with E-state index in [0.717, 1.165) is 22.8 Å². The summed E-state index contributed by atoms with van der Waals surface area (Å²) in [4.78, 5) is 12.4. The molecule has 2 heterocycles. The fraction of sp³-hybridized carbons (Fsp3) is 0.108. The number of aromatic nitrogens is 2. The lowest BCUT2D eigenvalue weighted by molar-refractivity contribution is 0.576. The Morgan fingerprint density at radius 2 is 0.537 bits per heavy atom. The van der Waals surface area contributed by atoms with E-state index in [-0.39, 0.29) is 5.41 Å². The molecule has 0 spiro atoms. The number of hydrogen-bond acceptors (Lipinski definition) is 2. The Labute approximate surface area is 393 Å². The molecule has 0 saturated carbocycles. The van der Waals surface area contributed by atoms with Gasteiger partial charge in [-0.2, -0.15) is 0 Å². The van der Waals surface area contributed by atoms with Crippen LogP contribution in [0, 0.1) is 0 Å². The third kappa shape index (κ3) is 5.27. The van der Waals surface area contributed by atoms with Crippen molar-refractivity contribution in [3.05, 3.63) is 309 Å². The van der Waals surface area contributed by atoms with Crippen LogP contribution in [0.25, 0.3) is 33.4 Å². The van der Waals surface area contributed by atoms with Gasteiger partial charge in [0.2, 0.25) is 0 Å². The average Bonchev–Trinajstić information content (AvgIpc) is 3.98. The Bertz CT molecular complexity index is 3440. The molecule has 0 amide bonds. The zero-order valence-corrected chi connectivity index (χ0v) is 37.9. The lowest BCUT2D eigenvalue weighted by atomic mass is 9.66. The maximum absolute atomic E-state index is 6.24. The minimum absolute atomic E-state index is 0.231. The topological polar surface area (TPSA) is 25.8 Å². The van der Waals surface area contributed by atoms with Crippen molar-refractivity contribution in [1.82, 2.24) is 9.97 Å². The number of fused-ring (bicyclic) bond motifs is 9. The van der Waals surface area contributed by atoms with Crippen LogP contribution < -0.4 is 0 Å². The molecule has 0 N–H and O–H groups in total. The second kappa shape index (κ2) is 14.5. The fourth-order valence-electron chi connectivity index (χ4n) is 12.4. The van der Waals surface area contributed by atoms with Gasteiger partial charge in [0.15, 0.2) is 0 Å². The number of hydrogen-bond donors (Lipinski definition) is 0. The Balaban J connectivity index is 1.18. The van der Waals surface area contributed by atoms with Gasteiger partial charge in [-0.3, -0.25) is 9.97 Å². The van der Waals surface area contributed by atoms with Crippen molar-refractivity contribution < 1.29 is 0 Å². The second-order valence-corrected chi connectivity index (χ2v) is 19.5. The summed E-state index contributed by atoms with van der Waals surface area (Å²) < 4.78 is 0. The molecule has 2 aromatic heterocycles. The minimum atomic E-state index is -0.899. The molecular weight excluding hydrogens is 809 g/mol. The summed E-state index contributed by atoms with van der Waals surface area (Å²) in [5.74, 6) is 0. The van der Waals surface area contributed by atoms with Gasteiger partial charge < -0.3 is 0 Å². The summed E-state index contributed by atoms with van der Waals surface area (Å²) in [6, 6.07) is 87.5. The first-order chi connectivity index (χ1) is 32.9. The zero-order valence-electron chi connectivity index (χ0n) is 37.9. The van der Waals surface area contributed by atoms with Crippen LogP contribution in [0.15, 0.2) is 237 Å². The lowest BCUT2D eigenvalue weighted by Gasteiger charge is -2.38. The first-order valence-corrected chi connectivity index (χ1v) is 23.6. The van der Waals surface area contributed by atoms with Crippen molar-refractivity contribution in [3.63, 3.8) is 0 Å². The standard InChI is InChI=1S/C65H48N2/c1-62(2,3)45-41-60(64(44-25-8-5-9-26-44)54-35-18-12-29-48(54)49-30-13-19-36-55(49)64)67-61(42-45)65(56-37-20-14-31-50(56)51-32-15-21-38-57(51)65)59-40-22-39-58(66-59)63(43-23-6-4-7-24-43)52-33-16-10-27-46(52)47-28-11-17-34-53(47)63/h4-42H,1-3H3. The van der Waals surface area contributed by atoms with Crippen LogP contribution in [0.5, 0.6) is 0 Å². The predicted molar refractivity (Wildman–Crippen MR) is 273 cm³/mol. The van der Waals surface area contributed by atoms with E-state index in [1.54, 1.807) is 0 Å². The molecule has 0 atom stereocenters. The van der Waals surface area contributed by atoms with Gasteiger partial charge in [0, 0.05) is 0 Å². The Hall–Kier alpha value is -7.94. The van der Waals surface area contributed by atoms with Crippen LogP contribution in [0.2, 0.25) is 0 Å². The number of rotatable bonds is 6. The quantitative estimate of drug-likeness (QED) is 0.166. The predicted octanol–water partition coefficient (Wildman–Crippen LogP) is 14.9. The molecule has 0 radical (unpaired) electrons. The number of benzene rings is 8. The van der Waals surface area contributed by atoms with Crippen LogP contribution in [-0.2, 0) is 21.7 Å². The average molecular weight is 857 g/mol. The Morgan fingerprint density at radius 3 is 0.896 bits per heavy atom. The van der Waals surface area contributed by atoms with Crippen molar-refractivity contribution in [2.75, 3.05) is 0 Å². The van der Waals surface area contributed by atoms with Gasteiger partial charge >= 0.3 is 0 Å². The smallest absolute Gasteiger partial charge is 0.106 e. The first-order valence-electron chi connectivity index (χ1n) is 23.6. The molecular formula is C65H48N2. The molecule has 0 saturated heterocycles. The molecule has 10 aromatic rings. The van der Waals surface area contributed by atoms with Crippen molar-refractivity contribution in [1.29, 1.82) is 0 Å². The van der Waals surface area contributed by atoms with Gasteiger partial charge in [0.25, 0.3) is 0 Å². The third-order valence-electron chi connectivity index (χ3n) is 15.2. The highest BCUT2D eigenvalue weighted by Crippen LogP contribution is 2.60. The van der Waals surface area contributed by atoms with Crippen LogP contribution in [0.4, 0.5) is 0 Å². The minimum Gasteiger partial charge on any atom is -0.254 e. The SMILES string of the molecule is CC(C)(C)c1cc(C2(c3ccccc3)c3ccccc3-c3ccccc32)nc(C2(c3cccc(C4(c5ccccc5)c5ccccc5-c5ccccc54)n3)c3ccccc3-c3ccccc32)c1. The highest BCUT2D eigenvalue weighted by molar-refractivity contribution is 5.89. The fourth-order valence-corrected chi connectivity index (χ4v) is 12.4. The molecule has 13 rings (SSSR count). The molecule has 318 valence electrons. The van der Waals surface area contributed by atoms with E-state index in [2.05, 4.69) is 257 Å². The maximum Gasteiger partial charge on any atom is 0.106 e. The molecule has 67 heavy (non-hydrogen) atoms. The van der Waals surface area contributed by atoms with Crippen molar-refractivity contribution in [2.45, 2.75) is 42.4 Å². The van der Waals surface area contributed by atoms with Crippen LogP contribution in [0.1, 0.15) is 93.6 Å². The van der Waals surface area contributed by atoms with Crippen LogP contribution in [-0.4, -0.2) is 9.97 Å². The molecule has 2 heteroatoms. The summed E-state index contributed by atoms with van der Waals surface area (Å²) in [6.45, 7) is 7.01. The third-order valence-corrected chi connectivity index (χ3v) is 15.2. The molecule has 2 nitrogen and oxygen atoms in total. The maximum atomic E-state index is 6.24. The molecule has 3 aliphatic carbocycles. The van der Waals surface area contributed by atoms with E-state index in [1.807, 2.05) is 0 Å². The Kier molecular flexibility index (Phi) is 8.55. The van der Waals surface area contributed by atoms with Gasteiger partial charge in [-0.15, -0.1) is 0 Å². The number of nitrogens with zero attached hydrogens (tertiary/aromatic N) is 2. The first kappa shape index (κ1) is 39.4. The van der Waals surface area contributed by atoms with Crippen molar-refractivity contribution in [3.8, 4) is 33.4 Å². The lowest BCUT2D eigenvalue weighted by Crippen LogP contribution is -2.36. The van der Waals surface area contributed by atoms with Crippen molar-refractivity contribution in [2.24, 2.45) is 0 Å². The van der Waals surface area contributed by atoms with E-state index in [1.165, 1.54) is 83.5 Å². The summed E-state index contributed by atoms with van der Waals surface area (Å²) in [7, 11) is 0. The molecule has 0 fully saturated rings. The van der Waals surface area contributed by atoms with E-state index < -0.39 is 16.2 Å². The molecule has 3 aliphatic rings. The largest absolute Gasteiger partial charge is 0.254 e. The highest BCUT2D eigenvalue weighted by Gasteiger charge is 2.53. The monoisotopic (exact) mass is 856 g/mol. The molecule has 0 unspecified atom stereocenters. The summed E-state index contributed by atoms with van der Waals surface area (Å²) in [6.07, 6.45) is 0. The summed E-state index contributed by atoms with van der Waals surface area (Å²) in [5.41, 5.74) is 19.8. The summed E-state index contributed by atoms with van der Waals surface area (Å²) >= 11 is 0. The zero-order chi connectivity index (χ0) is 45.0. The van der Waals surface area contributed by atoms with Crippen LogP contribution >= 0.6 is 0 Å². The second-order valence-electron chi connectivity index (χ2n) is 19.5. The normalized spacial score (nSPS) is 15.1. The van der Waals surface area contributed by atoms with Gasteiger partial charge in [0.1, 0.15) is 5.41 Å². The summed E-state index contributed by atoms with van der Waals surface area (Å²) in [5, 5.41) is 0. The van der Waals surface area contributed by atoms with Gasteiger partial charge in [-0.1, -0.05) is 233 Å². The van der Waals surface area contributed by atoms with Gasteiger partial charge in [-0.25, -0.2) is 0 Å². The van der Waals surface area contributed by atoms with Gasteiger partial charge in [0.05, 0.1) is 33.6 Å². The molecule has 0 aliphatic heterocycles. The van der Waals surface area contributed by atoms with E-state index in [9.17, 15) is 0 Å². The highest BCUT2D eigenvalue weighted by atomic mass is 14.8. The van der Waals surface area contributed by atoms with E-state index >= 15 is 0 Å². The van der Waals surface area contributed by atoms with E-state index in [4.69, 9.17) is 9.97 Å². The van der Waals surface area contributed by atoms with E-state index in [0.29, 0.717) is 0 Å². The molecule has 8 aromatic carbocycles. The Morgan fingerprint density at radius 1 is 0.269 bits per heavy atom. The molecule has 0 bridgehead atoms. The number of pyridine rings is 2.